The number of benzene rings is 1. The zero-order chi connectivity index (χ0) is 15.9. The molecule has 1 N–H and O–H groups in total. The molecule has 1 saturated heterocycles. The lowest BCUT2D eigenvalue weighted by molar-refractivity contribution is -0.139. The molecule has 6 heteroatoms. The minimum Gasteiger partial charge on any atom is -0.494 e. The second-order valence-electron chi connectivity index (χ2n) is 6.10. The van der Waals surface area contributed by atoms with Gasteiger partial charge in [0.25, 0.3) is 5.91 Å². The van der Waals surface area contributed by atoms with Gasteiger partial charge in [-0.25, -0.2) is 4.39 Å². The van der Waals surface area contributed by atoms with Crippen LogP contribution in [-0.4, -0.2) is 42.1 Å². The molecule has 3 rings (SSSR count). The van der Waals surface area contributed by atoms with Crippen molar-refractivity contribution in [2.75, 3.05) is 20.2 Å². The van der Waals surface area contributed by atoms with Crippen LogP contribution < -0.4 is 4.74 Å². The molecule has 0 aromatic heterocycles. The van der Waals surface area contributed by atoms with Gasteiger partial charge in [-0.1, -0.05) is 0 Å². The first-order chi connectivity index (χ1) is 10.5. The Kier molecular flexibility index (Phi) is 3.54. The number of hydrogen-bond donors (Lipinski definition) is 1. The van der Waals surface area contributed by atoms with Gasteiger partial charge >= 0.3 is 5.97 Å². The van der Waals surface area contributed by atoms with E-state index in [9.17, 15) is 14.0 Å². The predicted octanol–water partition coefficient (Wildman–Crippen LogP) is 2.16. The summed E-state index contributed by atoms with van der Waals surface area (Å²) in [5.41, 5.74) is 0.281. The lowest BCUT2D eigenvalue weighted by atomic mass is 9.90. The third-order valence-electron chi connectivity index (χ3n) is 4.93. The number of carboxylic acid groups (broad SMARTS) is 1. The molecule has 1 heterocycles. The number of nitrogens with zero attached hydrogens (tertiary/aromatic N) is 1. The summed E-state index contributed by atoms with van der Waals surface area (Å²) in [5.74, 6) is -1.61. The quantitative estimate of drug-likeness (QED) is 0.929. The number of ether oxygens (including phenoxy) is 1. The number of hydrogen-bond acceptors (Lipinski definition) is 3. The molecule has 2 aliphatic rings. The average Bonchev–Trinajstić information content (AvgIpc) is 3.22. The number of methoxy groups -OCH3 is 1. The molecule has 1 amide bonds. The fourth-order valence-electron chi connectivity index (χ4n) is 3.38. The minimum absolute atomic E-state index is 0.0486. The Labute approximate surface area is 127 Å². The third-order valence-corrected chi connectivity index (χ3v) is 4.93. The van der Waals surface area contributed by atoms with Crippen molar-refractivity contribution in [2.45, 2.75) is 19.3 Å². The molecule has 1 aliphatic heterocycles. The van der Waals surface area contributed by atoms with E-state index in [1.54, 1.807) is 4.90 Å². The number of amides is 1. The highest BCUT2D eigenvalue weighted by atomic mass is 19.1. The number of aliphatic carboxylic acids is 1. The van der Waals surface area contributed by atoms with Gasteiger partial charge in [-0.3, -0.25) is 9.59 Å². The lowest BCUT2D eigenvalue weighted by Crippen LogP contribution is -2.40. The summed E-state index contributed by atoms with van der Waals surface area (Å²) in [6.45, 7) is 1.09. The van der Waals surface area contributed by atoms with Crippen LogP contribution in [0.15, 0.2) is 18.2 Å². The SMILES string of the molecule is COc1cc(C(=O)N2CCC3(CC2)C[C@H]3C(=O)O)ccc1F. The average molecular weight is 307 g/mol. The van der Waals surface area contributed by atoms with E-state index in [1.807, 2.05) is 0 Å². The normalized spacial score (nSPS) is 22.5. The summed E-state index contributed by atoms with van der Waals surface area (Å²) < 4.78 is 18.3. The van der Waals surface area contributed by atoms with Gasteiger partial charge in [0.2, 0.25) is 0 Å². The Hall–Kier alpha value is -2.11. The standard InChI is InChI=1S/C16H18FNO4/c1-22-13-8-10(2-3-12(13)17)14(19)18-6-4-16(5-7-18)9-11(16)15(20)21/h2-3,8,11H,4-7,9H2,1H3,(H,20,21)/t11-/m0/s1. The maximum atomic E-state index is 13.4. The molecule has 1 atom stereocenters. The third kappa shape index (κ3) is 2.42. The van der Waals surface area contributed by atoms with E-state index in [-0.39, 0.29) is 23.0 Å². The van der Waals surface area contributed by atoms with E-state index in [0.717, 1.165) is 0 Å². The highest BCUT2D eigenvalue weighted by Crippen LogP contribution is 2.59. The van der Waals surface area contributed by atoms with Crippen LogP contribution in [0.1, 0.15) is 29.6 Å². The Morgan fingerprint density at radius 2 is 2.05 bits per heavy atom. The lowest BCUT2D eigenvalue weighted by Gasteiger charge is -2.32. The van der Waals surface area contributed by atoms with Crippen molar-refractivity contribution >= 4 is 11.9 Å². The number of carbonyl (C=O) groups excluding carboxylic acids is 1. The topological polar surface area (TPSA) is 66.8 Å². The minimum atomic E-state index is -0.733. The van der Waals surface area contributed by atoms with Crippen LogP contribution in [-0.2, 0) is 4.79 Å². The van der Waals surface area contributed by atoms with Gasteiger partial charge in [0.05, 0.1) is 13.0 Å². The molecule has 0 bridgehead atoms. The van der Waals surface area contributed by atoms with Crippen LogP contribution in [0, 0.1) is 17.2 Å². The second kappa shape index (κ2) is 5.26. The van der Waals surface area contributed by atoms with Crippen molar-refractivity contribution < 1.29 is 23.8 Å². The van der Waals surface area contributed by atoms with Gasteiger partial charge < -0.3 is 14.7 Å². The number of likely N-dealkylation sites (tertiary alicyclic amines) is 1. The summed E-state index contributed by atoms with van der Waals surface area (Å²) in [6, 6.07) is 4.07. The second-order valence-corrected chi connectivity index (χ2v) is 6.10. The number of carboxylic acids is 1. The van der Waals surface area contributed by atoms with Crippen molar-refractivity contribution in [2.24, 2.45) is 11.3 Å². The monoisotopic (exact) mass is 307 g/mol. The Morgan fingerprint density at radius 1 is 1.36 bits per heavy atom. The number of carbonyl (C=O) groups is 2. The van der Waals surface area contributed by atoms with Gasteiger partial charge in [-0.15, -0.1) is 0 Å². The molecule has 0 unspecified atom stereocenters. The highest BCUT2D eigenvalue weighted by molar-refractivity contribution is 5.94. The van der Waals surface area contributed by atoms with Gasteiger partial charge in [0.1, 0.15) is 0 Å². The van der Waals surface area contributed by atoms with Crippen LogP contribution >= 0.6 is 0 Å². The van der Waals surface area contributed by atoms with Gasteiger partial charge in [-0.05, 0) is 42.9 Å². The number of rotatable bonds is 3. The Morgan fingerprint density at radius 3 is 2.59 bits per heavy atom. The molecule has 1 saturated carbocycles. The molecular weight excluding hydrogens is 289 g/mol. The molecule has 2 fully saturated rings. The number of piperidine rings is 1. The summed E-state index contributed by atoms with van der Waals surface area (Å²) in [7, 11) is 1.36. The first-order valence-electron chi connectivity index (χ1n) is 7.32. The Bertz CT molecular complexity index is 623. The van der Waals surface area contributed by atoms with E-state index < -0.39 is 11.8 Å². The molecule has 22 heavy (non-hydrogen) atoms. The Balaban J connectivity index is 1.67. The van der Waals surface area contributed by atoms with Crippen LogP contribution in [0.3, 0.4) is 0 Å². The van der Waals surface area contributed by atoms with E-state index in [4.69, 9.17) is 9.84 Å². The van der Waals surface area contributed by atoms with Crippen LogP contribution in [0.4, 0.5) is 4.39 Å². The van der Waals surface area contributed by atoms with Crippen LogP contribution in [0.5, 0.6) is 5.75 Å². The molecule has 1 aromatic rings. The first-order valence-corrected chi connectivity index (χ1v) is 7.32. The molecule has 1 spiro atoms. The zero-order valence-electron chi connectivity index (χ0n) is 12.3. The van der Waals surface area contributed by atoms with Gasteiger partial charge in [-0.2, -0.15) is 0 Å². The fourth-order valence-corrected chi connectivity index (χ4v) is 3.38. The molecular formula is C16H18FNO4. The summed E-state index contributed by atoms with van der Waals surface area (Å²) in [4.78, 5) is 25.2. The van der Waals surface area contributed by atoms with Gasteiger partial charge in [0, 0.05) is 18.7 Å². The van der Waals surface area contributed by atoms with Gasteiger partial charge in [0.15, 0.2) is 11.6 Å². The van der Waals surface area contributed by atoms with E-state index in [0.29, 0.717) is 37.9 Å². The maximum Gasteiger partial charge on any atom is 0.307 e. The van der Waals surface area contributed by atoms with Crippen molar-refractivity contribution in [1.82, 2.24) is 4.90 Å². The first kappa shape index (κ1) is 14.8. The maximum absolute atomic E-state index is 13.4. The smallest absolute Gasteiger partial charge is 0.307 e. The van der Waals surface area contributed by atoms with E-state index >= 15 is 0 Å². The number of halogens is 1. The van der Waals surface area contributed by atoms with Crippen LogP contribution in [0.25, 0.3) is 0 Å². The summed E-state index contributed by atoms with van der Waals surface area (Å²) in [5, 5.41) is 9.08. The molecule has 118 valence electrons. The van der Waals surface area contributed by atoms with E-state index in [1.165, 1.54) is 25.3 Å². The largest absolute Gasteiger partial charge is 0.494 e. The predicted molar refractivity (Wildman–Crippen MR) is 76.3 cm³/mol. The van der Waals surface area contributed by atoms with Crippen LogP contribution in [0.2, 0.25) is 0 Å². The van der Waals surface area contributed by atoms with Crippen molar-refractivity contribution in [1.29, 1.82) is 0 Å². The van der Waals surface area contributed by atoms with Crippen molar-refractivity contribution in [3.8, 4) is 5.75 Å². The van der Waals surface area contributed by atoms with Crippen molar-refractivity contribution in [3.05, 3.63) is 29.6 Å². The fraction of sp³-hybridized carbons (Fsp3) is 0.500. The van der Waals surface area contributed by atoms with Crippen molar-refractivity contribution in [3.63, 3.8) is 0 Å². The molecule has 0 radical (unpaired) electrons. The summed E-state index contributed by atoms with van der Waals surface area (Å²) >= 11 is 0. The highest BCUT2D eigenvalue weighted by Gasteiger charge is 2.59. The molecule has 5 nitrogen and oxygen atoms in total. The van der Waals surface area contributed by atoms with E-state index in [2.05, 4.69) is 0 Å². The molecule has 1 aliphatic carbocycles. The summed E-state index contributed by atoms with van der Waals surface area (Å²) in [6.07, 6.45) is 2.15. The zero-order valence-corrected chi connectivity index (χ0v) is 12.3. The molecule has 1 aromatic carbocycles.